The van der Waals surface area contributed by atoms with Crippen LogP contribution < -0.4 is 98.3 Å². The Balaban J connectivity index is 1.70. The molecule has 0 aliphatic carbocycles. The molecule has 0 bridgehead atoms. The van der Waals surface area contributed by atoms with Crippen LogP contribution in [0.15, 0.2) is 42.5 Å². The Labute approximate surface area is 373 Å². The number of para-hydroxylation sites is 2. The quantitative estimate of drug-likeness (QED) is 0.131. The van der Waals surface area contributed by atoms with Gasteiger partial charge in [-0.25, -0.2) is 4.98 Å². The third kappa shape index (κ3) is 5.92. The first kappa shape index (κ1) is 42.4. The van der Waals surface area contributed by atoms with Gasteiger partial charge in [-0.15, -0.1) is 54.6 Å². The van der Waals surface area contributed by atoms with Gasteiger partial charge in [0.25, 0.3) is 0 Å². The molecule has 0 aliphatic heterocycles. The summed E-state index contributed by atoms with van der Waals surface area (Å²) in [4.78, 5) is 4.83. The number of nitrogens with zero attached hydrogens (tertiary/aromatic N) is 2. The van der Waals surface area contributed by atoms with Gasteiger partial charge in [0.05, 0.1) is 16.7 Å². The van der Waals surface area contributed by atoms with Gasteiger partial charge in [0, 0.05) is 0 Å². The van der Waals surface area contributed by atoms with Gasteiger partial charge >= 0.3 is 0 Å². The van der Waals surface area contributed by atoms with E-state index in [1.807, 2.05) is 35.8 Å². The molecule has 7 aromatic carbocycles. The van der Waals surface area contributed by atoms with Crippen molar-refractivity contribution in [1.29, 1.82) is 0 Å². The molecule has 0 atom stereocenters. The highest BCUT2D eigenvalue weighted by atomic mass is 15.1. The van der Waals surface area contributed by atoms with Crippen LogP contribution >= 0.6 is 0 Å². The zero-order valence-corrected chi connectivity index (χ0v) is 32.3. The Morgan fingerprint density at radius 1 is 0.350 bits per heavy atom. The number of aromatic nitrogens is 2. The zero-order valence-electron chi connectivity index (χ0n) is 32.3. The molecule has 1 heterocycles. The first-order valence-electron chi connectivity index (χ1n) is 18.1. The second-order valence-corrected chi connectivity index (χ2v) is 14.7. The summed E-state index contributed by atoms with van der Waals surface area (Å²) in [5, 5.41) is 1.25. The summed E-state index contributed by atoms with van der Waals surface area (Å²) in [6.07, 6.45) is 0. The maximum atomic E-state index is 7.07. The van der Waals surface area contributed by atoms with Gasteiger partial charge in [0.1, 0.15) is 147 Å². The van der Waals surface area contributed by atoms with E-state index in [4.69, 9.17) is 146 Å². The van der Waals surface area contributed by atoms with Gasteiger partial charge in [-0.3, -0.25) is 4.57 Å². The van der Waals surface area contributed by atoms with E-state index in [2.05, 4.69) is 0 Å². The van der Waals surface area contributed by atoms with E-state index >= 15 is 0 Å². The Morgan fingerprint density at radius 3 is 1.03 bits per heavy atom. The fourth-order valence-electron chi connectivity index (χ4n) is 8.24. The van der Waals surface area contributed by atoms with E-state index < -0.39 is 0 Å². The lowest BCUT2D eigenvalue weighted by Gasteiger charge is -2.30. The molecule has 0 unspecified atom stereocenters. The lowest BCUT2D eigenvalue weighted by Crippen LogP contribution is -2.55. The average molecular weight is 713 g/mol. The van der Waals surface area contributed by atoms with Crippen molar-refractivity contribution in [2.24, 2.45) is 0 Å². The highest BCUT2D eigenvalue weighted by molar-refractivity contribution is 6.73. The average Bonchev–Trinajstić information content (AvgIpc) is 3.57. The molecule has 8 rings (SSSR count). The largest absolute Gasteiger partial charge is 0.295 e. The third-order valence-electron chi connectivity index (χ3n) is 11.4. The molecule has 0 amide bonds. The molecule has 0 saturated heterocycles. The van der Waals surface area contributed by atoms with Gasteiger partial charge in [-0.1, -0.05) is 55.8 Å². The molecule has 60 heavy (non-hydrogen) atoms. The van der Waals surface area contributed by atoms with Crippen molar-refractivity contribution in [3.05, 3.63) is 48.3 Å². The Hall–Kier alpha value is -4.30. The smallest absolute Gasteiger partial charge is 0.113 e. The van der Waals surface area contributed by atoms with Crippen LogP contribution in [-0.4, -0.2) is 151 Å². The summed E-state index contributed by atoms with van der Waals surface area (Å²) >= 11 is 0. The molecule has 1 aromatic heterocycles. The molecule has 0 saturated carbocycles. The summed E-state index contributed by atoms with van der Waals surface area (Å²) in [6, 6.07) is 12.6. The summed E-state index contributed by atoms with van der Waals surface area (Å²) in [5.74, 6) is 0.548. The molecule has 0 spiro atoms. The lowest BCUT2D eigenvalue weighted by atomic mass is 9.58. The number of imidazole rings is 1. The molecule has 8 aromatic rings. The number of benzene rings is 7. The normalized spacial score (nSPS) is 11.6. The summed E-state index contributed by atoms with van der Waals surface area (Å²) in [7, 11) is 120. The van der Waals surface area contributed by atoms with E-state index in [1.165, 1.54) is 0 Å². The van der Waals surface area contributed by atoms with Crippen LogP contribution in [0.25, 0.3) is 71.6 Å². The second-order valence-electron chi connectivity index (χ2n) is 14.7. The summed E-state index contributed by atoms with van der Waals surface area (Å²) in [5.41, 5.74) is 3.84. The van der Waals surface area contributed by atoms with Crippen LogP contribution in [0.2, 0.25) is 0 Å². The van der Waals surface area contributed by atoms with E-state index in [0.717, 1.165) is 0 Å². The SMILES string of the molecule is [B]c1c([B])c([B])c(-c2cc(-c3c([B])c([B])c([B])c([B])c3[B])cc(-c3c4c([B])c([B])c([B])c([B])c4c(-n4c(C)nc5ccccc54)c4c([B])c([B])c([B])c([B])c34)c2)c([B])c1[B]. The predicted octanol–water partition coefficient (Wildman–Crippen LogP) is -11.1. The highest BCUT2D eigenvalue weighted by Crippen LogP contribution is 2.41. The Morgan fingerprint density at radius 2 is 0.650 bits per heavy atom. The van der Waals surface area contributed by atoms with Crippen molar-refractivity contribution in [1.82, 2.24) is 9.55 Å². The van der Waals surface area contributed by atoms with E-state index in [-0.39, 0.29) is 109 Å². The number of aryl methyl sites for hydroxylation is 1. The maximum Gasteiger partial charge on any atom is 0.113 e. The van der Waals surface area contributed by atoms with Gasteiger partial charge in [-0.05, 0) is 92.2 Å². The highest BCUT2D eigenvalue weighted by Gasteiger charge is 2.27. The molecule has 234 valence electrons. The van der Waals surface area contributed by atoms with Crippen molar-refractivity contribution in [2.45, 2.75) is 6.92 Å². The van der Waals surface area contributed by atoms with Crippen LogP contribution in [0.3, 0.4) is 0 Å². The first-order valence-corrected chi connectivity index (χ1v) is 18.1. The minimum absolute atomic E-state index is 0.000204. The molecule has 0 aliphatic rings. The van der Waals surface area contributed by atoms with Crippen molar-refractivity contribution in [3.8, 4) is 39.1 Å². The van der Waals surface area contributed by atoms with Gasteiger partial charge in [0.15, 0.2) is 0 Å². The van der Waals surface area contributed by atoms with E-state index in [1.54, 1.807) is 18.2 Å². The van der Waals surface area contributed by atoms with Crippen molar-refractivity contribution in [3.63, 3.8) is 0 Å². The van der Waals surface area contributed by atoms with Crippen molar-refractivity contribution < 1.29 is 0 Å². The fourth-order valence-corrected chi connectivity index (χ4v) is 8.24. The first-order chi connectivity index (χ1) is 28.2. The minimum Gasteiger partial charge on any atom is -0.295 e. The molecule has 20 heteroatoms. The fraction of sp³-hybridized carbons (Fsp3) is 0.0250. The molecular weight excluding hydrogens is 703 g/mol. The minimum atomic E-state index is -0.00904. The van der Waals surface area contributed by atoms with Gasteiger partial charge in [-0.2, -0.15) is 0 Å². The van der Waals surface area contributed by atoms with Gasteiger partial charge < -0.3 is 0 Å². The maximum absolute atomic E-state index is 7.07. The van der Waals surface area contributed by atoms with Crippen LogP contribution in [-0.2, 0) is 0 Å². The van der Waals surface area contributed by atoms with Crippen LogP contribution in [0.5, 0.6) is 0 Å². The molecule has 0 N–H and O–H groups in total. The van der Waals surface area contributed by atoms with Crippen molar-refractivity contribution in [2.75, 3.05) is 0 Å². The number of hydrogen-bond acceptors (Lipinski definition) is 1. The molecule has 2 nitrogen and oxygen atoms in total. The Bertz CT molecular complexity index is 3040. The second kappa shape index (κ2) is 15.0. The summed E-state index contributed by atoms with van der Waals surface area (Å²) < 4.78 is 1.87. The molecule has 0 fully saturated rings. The van der Waals surface area contributed by atoms with Crippen LogP contribution in [0.4, 0.5) is 0 Å². The number of fused-ring (bicyclic) bond motifs is 3. The van der Waals surface area contributed by atoms with Gasteiger partial charge in [0.2, 0.25) is 0 Å². The third-order valence-corrected chi connectivity index (χ3v) is 11.4. The summed E-state index contributed by atoms with van der Waals surface area (Å²) in [6.45, 7) is 1.82. The van der Waals surface area contributed by atoms with Crippen LogP contribution in [0, 0.1) is 6.92 Å². The van der Waals surface area contributed by atoms with Crippen LogP contribution in [0.1, 0.15) is 5.82 Å². The number of hydrogen-bond donors (Lipinski definition) is 0. The topological polar surface area (TPSA) is 17.8 Å². The standard InChI is InChI=1S/C40H10B18N2/c1-9-59-13-4-2-3-5-14(13)60(9)40-20-18(26(45)34(53)36(55)28(20)47)15(19-21(40)29(48)37(56)35(54)27(19)46)10-6-11(16-22(41)30(49)38(57)31(50)23(16)42)8-12(7-10)17-24(43)32(51)39(58)33(52)25(17)44/h2-8H,1H3. The zero-order chi connectivity index (χ0) is 43.7. The van der Waals surface area contributed by atoms with E-state index in [0.29, 0.717) is 66.3 Å². The van der Waals surface area contributed by atoms with E-state index in [9.17, 15) is 0 Å². The monoisotopic (exact) mass is 716 g/mol. The van der Waals surface area contributed by atoms with Crippen molar-refractivity contribution >= 4 is 272 Å². The predicted molar refractivity (Wildman–Crippen MR) is 274 cm³/mol. The molecule has 36 radical (unpaired) electrons. The Kier molecular flexibility index (Phi) is 10.6. The molecular formula is C40H10B18N2. The number of rotatable bonds is 4. The lowest BCUT2D eigenvalue weighted by molar-refractivity contribution is 1.02.